The minimum absolute atomic E-state index is 0.0302. The molecule has 2 aromatic rings. The normalized spacial score (nSPS) is 19.7. The van der Waals surface area contributed by atoms with Crippen LogP contribution >= 0.6 is 0 Å². The topological polar surface area (TPSA) is 98.1 Å². The first-order chi connectivity index (χ1) is 12.8. The molecule has 27 heavy (non-hydrogen) atoms. The van der Waals surface area contributed by atoms with Crippen LogP contribution in [0.1, 0.15) is 32.3 Å². The van der Waals surface area contributed by atoms with Crippen LogP contribution in [-0.4, -0.2) is 63.0 Å². The third-order valence-electron chi connectivity index (χ3n) is 4.99. The van der Waals surface area contributed by atoms with E-state index in [1.54, 1.807) is 4.90 Å². The molecule has 0 unspecified atom stereocenters. The average molecular weight is 391 g/mol. The molecule has 1 saturated heterocycles. The number of carbonyl (C=O) groups is 1. The number of rotatable bonds is 6. The molecule has 0 radical (unpaired) electrons. The number of nitrogens with zero attached hydrogens (tertiary/aromatic N) is 5. The Balaban J connectivity index is 1.75. The maximum Gasteiger partial charge on any atom is 0.246 e. The highest BCUT2D eigenvalue weighted by atomic mass is 32.2. The van der Waals surface area contributed by atoms with Crippen LogP contribution in [0.2, 0.25) is 0 Å². The summed E-state index contributed by atoms with van der Waals surface area (Å²) in [6.45, 7) is 5.87. The molecule has 2 atom stereocenters. The third-order valence-corrected chi connectivity index (χ3v) is 6.75. The second kappa shape index (κ2) is 7.75. The molecule has 1 aliphatic rings. The van der Waals surface area contributed by atoms with Crippen LogP contribution in [0.4, 0.5) is 0 Å². The molecule has 1 amide bonds. The Morgan fingerprint density at radius 1 is 1.33 bits per heavy atom. The maximum atomic E-state index is 12.9. The molecule has 1 aromatic heterocycles. The Labute approximate surface area is 159 Å². The first-order valence-corrected chi connectivity index (χ1v) is 11.0. The lowest BCUT2D eigenvalue weighted by Gasteiger charge is -2.33. The van der Waals surface area contributed by atoms with Crippen LogP contribution in [0.15, 0.2) is 24.3 Å². The van der Waals surface area contributed by atoms with Gasteiger partial charge in [-0.3, -0.25) is 4.79 Å². The van der Waals surface area contributed by atoms with E-state index >= 15 is 0 Å². The van der Waals surface area contributed by atoms with E-state index in [2.05, 4.69) is 15.4 Å². The molecule has 3 rings (SSSR count). The fourth-order valence-electron chi connectivity index (χ4n) is 3.33. The van der Waals surface area contributed by atoms with Gasteiger partial charge in [0.2, 0.25) is 11.7 Å². The first kappa shape index (κ1) is 19.5. The predicted octanol–water partition coefficient (Wildman–Crippen LogP) is 1.46. The van der Waals surface area contributed by atoms with Crippen LogP contribution < -0.4 is 0 Å². The minimum atomic E-state index is -3.07. The second-order valence-electron chi connectivity index (χ2n) is 7.12. The van der Waals surface area contributed by atoms with Gasteiger partial charge in [-0.05, 0) is 31.9 Å². The summed E-state index contributed by atoms with van der Waals surface area (Å²) in [5, 5.41) is 12.3. The SMILES string of the molecule is CC[C@H](C)N(C(=O)Cn1nnc(-c2ccc(C)cc2)n1)[C@H]1CCS(=O)(=O)C1. The Bertz CT molecular complexity index is 907. The van der Waals surface area contributed by atoms with Gasteiger partial charge >= 0.3 is 0 Å². The van der Waals surface area contributed by atoms with Crippen LogP contribution in [-0.2, 0) is 21.2 Å². The Kier molecular flexibility index (Phi) is 5.59. The van der Waals surface area contributed by atoms with Gasteiger partial charge in [-0.1, -0.05) is 36.8 Å². The van der Waals surface area contributed by atoms with Gasteiger partial charge < -0.3 is 4.90 Å². The number of aromatic nitrogens is 4. The van der Waals surface area contributed by atoms with Gasteiger partial charge in [0.25, 0.3) is 0 Å². The maximum absolute atomic E-state index is 12.9. The number of amides is 1. The number of hydrogen-bond donors (Lipinski definition) is 0. The predicted molar refractivity (Wildman–Crippen MR) is 102 cm³/mol. The van der Waals surface area contributed by atoms with Gasteiger partial charge in [0.05, 0.1) is 11.5 Å². The number of tetrazole rings is 1. The highest BCUT2D eigenvalue weighted by molar-refractivity contribution is 7.91. The van der Waals surface area contributed by atoms with Crippen LogP contribution in [0.25, 0.3) is 11.4 Å². The summed E-state index contributed by atoms with van der Waals surface area (Å²) in [6.07, 6.45) is 1.24. The quantitative estimate of drug-likeness (QED) is 0.739. The minimum Gasteiger partial charge on any atom is -0.334 e. The van der Waals surface area contributed by atoms with E-state index in [4.69, 9.17) is 0 Å². The first-order valence-electron chi connectivity index (χ1n) is 9.15. The number of benzene rings is 1. The number of carbonyl (C=O) groups excluding carboxylic acids is 1. The van der Waals surface area contributed by atoms with E-state index in [-0.39, 0.29) is 36.0 Å². The van der Waals surface area contributed by atoms with Crippen molar-refractivity contribution in [2.24, 2.45) is 0 Å². The molecule has 0 saturated carbocycles. The molecular weight excluding hydrogens is 366 g/mol. The summed E-state index contributed by atoms with van der Waals surface area (Å²) >= 11 is 0. The zero-order valence-corrected chi connectivity index (χ0v) is 16.7. The fourth-order valence-corrected chi connectivity index (χ4v) is 5.04. The third kappa shape index (κ3) is 4.52. The van der Waals surface area contributed by atoms with Gasteiger partial charge in [0, 0.05) is 17.6 Å². The zero-order valence-electron chi connectivity index (χ0n) is 15.9. The largest absolute Gasteiger partial charge is 0.334 e. The van der Waals surface area contributed by atoms with Crippen molar-refractivity contribution in [3.63, 3.8) is 0 Å². The summed E-state index contributed by atoms with van der Waals surface area (Å²) in [4.78, 5) is 15.9. The van der Waals surface area contributed by atoms with Gasteiger partial charge in [0.15, 0.2) is 9.84 Å². The number of aryl methyl sites for hydroxylation is 1. The van der Waals surface area contributed by atoms with Crippen LogP contribution in [0.5, 0.6) is 0 Å². The molecule has 1 fully saturated rings. The molecule has 2 heterocycles. The lowest BCUT2D eigenvalue weighted by molar-refractivity contribution is -0.136. The van der Waals surface area contributed by atoms with Crippen molar-refractivity contribution in [2.75, 3.05) is 11.5 Å². The molecular formula is C18H25N5O3S. The smallest absolute Gasteiger partial charge is 0.246 e. The van der Waals surface area contributed by atoms with Crippen LogP contribution in [0, 0.1) is 6.92 Å². The monoisotopic (exact) mass is 391 g/mol. The number of sulfone groups is 1. The molecule has 1 aromatic carbocycles. The fraction of sp³-hybridized carbons (Fsp3) is 0.556. The van der Waals surface area contributed by atoms with Crippen molar-refractivity contribution in [1.82, 2.24) is 25.1 Å². The van der Waals surface area contributed by atoms with E-state index in [0.29, 0.717) is 12.2 Å². The summed E-state index contributed by atoms with van der Waals surface area (Å²) in [5.41, 5.74) is 1.97. The zero-order chi connectivity index (χ0) is 19.6. The second-order valence-corrected chi connectivity index (χ2v) is 9.35. The average Bonchev–Trinajstić information content (AvgIpc) is 3.22. The van der Waals surface area contributed by atoms with E-state index in [0.717, 1.165) is 17.5 Å². The van der Waals surface area contributed by atoms with Crippen molar-refractivity contribution in [1.29, 1.82) is 0 Å². The lowest BCUT2D eigenvalue weighted by Crippen LogP contribution is -2.48. The summed E-state index contributed by atoms with van der Waals surface area (Å²) in [7, 11) is -3.07. The Morgan fingerprint density at radius 3 is 2.63 bits per heavy atom. The standard InChI is InChI=1S/C18H25N5O3S/c1-4-14(3)23(16-9-10-27(25,26)12-16)17(24)11-22-20-18(19-21-22)15-7-5-13(2)6-8-15/h5-8,14,16H,4,9-12H2,1-3H3/t14-,16-/m0/s1. The Hall–Kier alpha value is -2.29. The molecule has 0 spiro atoms. The molecule has 0 bridgehead atoms. The molecule has 9 heteroatoms. The van der Waals surface area contributed by atoms with Crippen molar-refractivity contribution in [3.8, 4) is 11.4 Å². The molecule has 1 aliphatic heterocycles. The van der Waals surface area contributed by atoms with Crippen molar-refractivity contribution < 1.29 is 13.2 Å². The summed E-state index contributed by atoms with van der Waals surface area (Å²) in [6, 6.07) is 7.42. The highest BCUT2D eigenvalue weighted by Gasteiger charge is 2.36. The van der Waals surface area contributed by atoms with Gasteiger partial charge in [0.1, 0.15) is 6.54 Å². The molecule has 0 aliphatic carbocycles. The molecule has 8 nitrogen and oxygen atoms in total. The molecule has 0 N–H and O–H groups in total. The Morgan fingerprint density at radius 2 is 2.04 bits per heavy atom. The van der Waals surface area contributed by atoms with E-state index in [1.807, 2.05) is 45.0 Å². The van der Waals surface area contributed by atoms with Gasteiger partial charge in [-0.2, -0.15) is 4.80 Å². The highest BCUT2D eigenvalue weighted by Crippen LogP contribution is 2.22. The summed E-state index contributed by atoms with van der Waals surface area (Å²) in [5.74, 6) is 0.445. The van der Waals surface area contributed by atoms with Crippen molar-refractivity contribution >= 4 is 15.7 Å². The van der Waals surface area contributed by atoms with Crippen molar-refractivity contribution in [3.05, 3.63) is 29.8 Å². The van der Waals surface area contributed by atoms with E-state index < -0.39 is 9.84 Å². The lowest BCUT2D eigenvalue weighted by atomic mass is 10.1. The number of hydrogen-bond acceptors (Lipinski definition) is 6. The van der Waals surface area contributed by atoms with Crippen molar-refractivity contribution in [2.45, 2.75) is 52.2 Å². The van der Waals surface area contributed by atoms with Gasteiger partial charge in [-0.25, -0.2) is 8.42 Å². The summed E-state index contributed by atoms with van der Waals surface area (Å²) < 4.78 is 23.7. The molecule has 146 valence electrons. The van der Waals surface area contributed by atoms with E-state index in [1.165, 1.54) is 4.80 Å². The van der Waals surface area contributed by atoms with Crippen LogP contribution in [0.3, 0.4) is 0 Å². The van der Waals surface area contributed by atoms with E-state index in [9.17, 15) is 13.2 Å². The van der Waals surface area contributed by atoms with Gasteiger partial charge in [-0.15, -0.1) is 10.2 Å².